The second kappa shape index (κ2) is 11.9. The van der Waals surface area contributed by atoms with Gasteiger partial charge in [-0.25, -0.2) is 9.18 Å². The smallest absolute Gasteiger partial charge is 0.337 e. The molecule has 0 unspecified atom stereocenters. The van der Waals surface area contributed by atoms with Gasteiger partial charge < -0.3 is 15.4 Å². The minimum Gasteiger partial charge on any atom is -0.465 e. The van der Waals surface area contributed by atoms with E-state index in [1.54, 1.807) is 30.3 Å². The zero-order valence-electron chi connectivity index (χ0n) is 19.8. The van der Waals surface area contributed by atoms with Crippen LogP contribution in [0.1, 0.15) is 27.5 Å². The highest BCUT2D eigenvalue weighted by atomic mass is 35.5. The lowest BCUT2D eigenvalue weighted by atomic mass is 10.1. The number of ether oxygens (including phenoxy) is 1. The van der Waals surface area contributed by atoms with Crippen LogP contribution in [0.3, 0.4) is 0 Å². The predicted molar refractivity (Wildman–Crippen MR) is 137 cm³/mol. The molecule has 0 aliphatic carbocycles. The van der Waals surface area contributed by atoms with Gasteiger partial charge in [-0.1, -0.05) is 41.9 Å². The van der Waals surface area contributed by atoms with E-state index in [1.807, 2.05) is 0 Å². The van der Waals surface area contributed by atoms with E-state index in [9.17, 15) is 18.8 Å². The molecule has 0 saturated carbocycles. The summed E-state index contributed by atoms with van der Waals surface area (Å²) in [4.78, 5) is 38.8. The molecule has 0 aliphatic rings. The predicted octanol–water partition coefficient (Wildman–Crippen LogP) is 3.75. The van der Waals surface area contributed by atoms with Crippen LogP contribution in [0.4, 0.5) is 10.1 Å². The Morgan fingerprint density at radius 3 is 2.45 bits per heavy atom. The van der Waals surface area contributed by atoms with Gasteiger partial charge >= 0.3 is 5.97 Å². The molecule has 3 aromatic carbocycles. The number of nitrogens with zero attached hydrogens (tertiary/aromatic N) is 4. The summed E-state index contributed by atoms with van der Waals surface area (Å²) >= 11 is 5.93. The maximum Gasteiger partial charge on any atom is 0.337 e. The third kappa shape index (κ3) is 6.08. The Bertz CT molecular complexity index is 1480. The van der Waals surface area contributed by atoms with Crippen molar-refractivity contribution in [1.82, 2.24) is 25.5 Å². The first-order valence-electron chi connectivity index (χ1n) is 11.1. The third-order valence-corrected chi connectivity index (χ3v) is 5.62. The number of esters is 1. The fourth-order valence-electron chi connectivity index (χ4n) is 3.48. The number of hydrogen-bond donors (Lipinski definition) is 2. The molecule has 2 N–H and O–H groups in total. The standard InChI is InChI=1S/C26H20ClFN6O4/c1-38-26(37)17-7-9-18(10-8-17)31-25(36)24(16-5-3-2-4-6-16)32-22(35)14-11-19-21(34-30-15-29-33-34)13-12-20(27)23(19)28/h2-15,24H,1H3,(H,31,36)(H,32,35)/b14-11+/t24-/m0/s1. The number of rotatable bonds is 8. The first-order chi connectivity index (χ1) is 18.4. The van der Waals surface area contributed by atoms with Gasteiger partial charge in [0, 0.05) is 17.3 Å². The number of carbonyl (C=O) groups excluding carboxylic acids is 3. The molecule has 1 atom stereocenters. The molecule has 192 valence electrons. The molecular weight excluding hydrogens is 515 g/mol. The van der Waals surface area contributed by atoms with Crippen LogP contribution in [0.25, 0.3) is 11.8 Å². The molecule has 38 heavy (non-hydrogen) atoms. The summed E-state index contributed by atoms with van der Waals surface area (Å²) in [6.45, 7) is 0. The normalized spacial score (nSPS) is 11.7. The molecule has 1 aromatic heterocycles. The molecule has 4 aromatic rings. The number of anilines is 1. The van der Waals surface area contributed by atoms with Crippen molar-refractivity contribution in [2.45, 2.75) is 6.04 Å². The largest absolute Gasteiger partial charge is 0.465 e. The van der Waals surface area contributed by atoms with Crippen LogP contribution in [-0.2, 0) is 14.3 Å². The molecule has 4 rings (SSSR count). The monoisotopic (exact) mass is 534 g/mol. The Kier molecular flexibility index (Phi) is 8.19. The maximum atomic E-state index is 14.8. The number of carbonyl (C=O) groups is 3. The zero-order chi connectivity index (χ0) is 27.1. The van der Waals surface area contributed by atoms with Gasteiger partial charge in [-0.05, 0) is 53.3 Å². The topological polar surface area (TPSA) is 128 Å². The molecule has 0 bridgehead atoms. The minimum atomic E-state index is -1.09. The summed E-state index contributed by atoms with van der Waals surface area (Å²) in [6.07, 6.45) is 3.46. The van der Waals surface area contributed by atoms with E-state index in [2.05, 4.69) is 30.8 Å². The minimum absolute atomic E-state index is 0.0444. The summed E-state index contributed by atoms with van der Waals surface area (Å²) in [6, 6.07) is 16.4. The van der Waals surface area contributed by atoms with Crippen LogP contribution in [0.15, 0.2) is 79.1 Å². The molecule has 0 radical (unpaired) electrons. The van der Waals surface area contributed by atoms with Crippen LogP contribution < -0.4 is 10.6 Å². The SMILES string of the molecule is COC(=O)c1ccc(NC(=O)[C@@H](NC(=O)/C=C/c2c(-n3ncnn3)ccc(Cl)c2F)c2ccccc2)cc1. The highest BCUT2D eigenvalue weighted by Crippen LogP contribution is 2.25. The number of aromatic nitrogens is 4. The van der Waals surface area contributed by atoms with E-state index < -0.39 is 29.6 Å². The number of halogens is 2. The van der Waals surface area contributed by atoms with Gasteiger partial charge in [0.15, 0.2) is 12.1 Å². The number of benzene rings is 3. The van der Waals surface area contributed by atoms with E-state index in [4.69, 9.17) is 11.6 Å². The number of nitrogens with one attached hydrogen (secondary N) is 2. The Morgan fingerprint density at radius 2 is 1.79 bits per heavy atom. The van der Waals surface area contributed by atoms with E-state index in [-0.39, 0.29) is 16.3 Å². The number of hydrogen-bond acceptors (Lipinski definition) is 7. The van der Waals surface area contributed by atoms with Crippen LogP contribution in [-0.4, -0.2) is 45.1 Å². The molecule has 0 aliphatic heterocycles. The molecule has 0 saturated heterocycles. The summed E-state index contributed by atoms with van der Waals surface area (Å²) in [7, 11) is 1.27. The number of amides is 2. The molecule has 1 heterocycles. The Labute approximate surface area is 221 Å². The van der Waals surface area contributed by atoms with E-state index in [0.717, 1.165) is 10.9 Å². The first-order valence-corrected chi connectivity index (χ1v) is 11.5. The summed E-state index contributed by atoms with van der Waals surface area (Å²) in [5.74, 6) is -2.50. The van der Waals surface area contributed by atoms with Crippen molar-refractivity contribution >= 4 is 41.1 Å². The molecule has 0 spiro atoms. The summed E-state index contributed by atoms with van der Waals surface area (Å²) in [5.41, 5.74) is 1.40. The van der Waals surface area contributed by atoms with E-state index in [0.29, 0.717) is 16.8 Å². The van der Waals surface area contributed by atoms with Crippen molar-refractivity contribution in [2.75, 3.05) is 12.4 Å². The van der Waals surface area contributed by atoms with Gasteiger partial charge in [-0.2, -0.15) is 0 Å². The lowest BCUT2D eigenvalue weighted by molar-refractivity contribution is -0.123. The average Bonchev–Trinajstić information content (AvgIpc) is 3.47. The fraction of sp³-hybridized carbons (Fsp3) is 0.0769. The Hall–Kier alpha value is -4.90. The highest BCUT2D eigenvalue weighted by Gasteiger charge is 2.22. The van der Waals surface area contributed by atoms with Gasteiger partial charge in [0.05, 0.1) is 23.4 Å². The highest BCUT2D eigenvalue weighted by molar-refractivity contribution is 6.31. The third-order valence-electron chi connectivity index (χ3n) is 5.33. The molecular formula is C26H20ClFN6O4. The Morgan fingerprint density at radius 1 is 1.05 bits per heavy atom. The number of methoxy groups -OCH3 is 1. The van der Waals surface area contributed by atoms with Crippen LogP contribution in [0, 0.1) is 5.82 Å². The van der Waals surface area contributed by atoms with Crippen LogP contribution >= 0.6 is 11.6 Å². The van der Waals surface area contributed by atoms with Crippen molar-refractivity contribution < 1.29 is 23.5 Å². The van der Waals surface area contributed by atoms with E-state index in [1.165, 1.54) is 55.9 Å². The fourth-order valence-corrected chi connectivity index (χ4v) is 3.65. The van der Waals surface area contributed by atoms with Gasteiger partial charge in [-0.15, -0.1) is 15.0 Å². The maximum absolute atomic E-state index is 14.8. The summed E-state index contributed by atoms with van der Waals surface area (Å²) in [5, 5.41) is 16.4. The average molecular weight is 535 g/mol. The van der Waals surface area contributed by atoms with E-state index >= 15 is 0 Å². The first kappa shape index (κ1) is 26.2. The zero-order valence-corrected chi connectivity index (χ0v) is 20.6. The van der Waals surface area contributed by atoms with Gasteiger partial charge in [-0.3, -0.25) is 9.59 Å². The second-order valence-electron chi connectivity index (χ2n) is 7.76. The van der Waals surface area contributed by atoms with Crippen molar-refractivity contribution in [3.8, 4) is 5.69 Å². The summed E-state index contributed by atoms with van der Waals surface area (Å²) < 4.78 is 19.5. The quantitative estimate of drug-likeness (QED) is 0.260. The van der Waals surface area contributed by atoms with Gasteiger partial charge in [0.1, 0.15) is 6.04 Å². The van der Waals surface area contributed by atoms with Crippen LogP contribution in [0.5, 0.6) is 0 Å². The van der Waals surface area contributed by atoms with Crippen molar-refractivity contribution in [1.29, 1.82) is 0 Å². The Balaban J connectivity index is 1.55. The van der Waals surface area contributed by atoms with Crippen molar-refractivity contribution in [3.05, 3.63) is 107 Å². The molecule has 0 fully saturated rings. The molecule has 2 amide bonds. The lowest BCUT2D eigenvalue weighted by Crippen LogP contribution is -2.36. The van der Waals surface area contributed by atoms with Crippen LogP contribution in [0.2, 0.25) is 5.02 Å². The van der Waals surface area contributed by atoms with Crippen molar-refractivity contribution in [2.24, 2.45) is 0 Å². The lowest BCUT2D eigenvalue weighted by Gasteiger charge is -2.18. The van der Waals surface area contributed by atoms with Gasteiger partial charge in [0.25, 0.3) is 5.91 Å². The molecule has 12 heteroatoms. The van der Waals surface area contributed by atoms with Crippen molar-refractivity contribution in [3.63, 3.8) is 0 Å². The number of tetrazole rings is 1. The second-order valence-corrected chi connectivity index (χ2v) is 8.17. The van der Waals surface area contributed by atoms with Gasteiger partial charge in [0.2, 0.25) is 5.91 Å². The molecule has 10 nitrogen and oxygen atoms in total.